The Kier molecular flexibility index (Phi) is 5.07. The molecular formula is C16H18FNO. The number of benzene rings is 2. The van der Waals surface area contributed by atoms with Crippen LogP contribution in [-0.4, -0.2) is 17.8 Å². The van der Waals surface area contributed by atoms with Gasteiger partial charge in [0.05, 0.1) is 6.61 Å². The molecule has 3 heteroatoms. The first-order valence-electron chi connectivity index (χ1n) is 6.41. The van der Waals surface area contributed by atoms with Crippen molar-refractivity contribution >= 4 is 0 Å². The molecule has 2 N–H and O–H groups in total. The third kappa shape index (κ3) is 4.16. The van der Waals surface area contributed by atoms with E-state index in [0.29, 0.717) is 12.1 Å². The maximum absolute atomic E-state index is 13.5. The minimum atomic E-state index is -0.216. The number of halogens is 1. The number of nitrogens with one attached hydrogen (secondary N) is 1. The highest BCUT2D eigenvalue weighted by Gasteiger charge is 2.09. The molecule has 0 bridgehead atoms. The molecule has 100 valence electrons. The third-order valence-electron chi connectivity index (χ3n) is 3.08. The Morgan fingerprint density at radius 1 is 1.00 bits per heavy atom. The lowest BCUT2D eigenvalue weighted by Gasteiger charge is -2.16. The molecule has 2 rings (SSSR count). The van der Waals surface area contributed by atoms with Gasteiger partial charge in [0, 0.05) is 18.2 Å². The summed E-state index contributed by atoms with van der Waals surface area (Å²) >= 11 is 0. The van der Waals surface area contributed by atoms with Crippen LogP contribution in [0.25, 0.3) is 0 Å². The molecule has 2 nitrogen and oxygen atoms in total. The van der Waals surface area contributed by atoms with Gasteiger partial charge in [-0.05, 0) is 18.1 Å². The predicted octanol–water partition coefficient (Wildman–Crippen LogP) is 2.52. The van der Waals surface area contributed by atoms with Gasteiger partial charge in [0.1, 0.15) is 5.82 Å². The number of aliphatic hydroxyl groups is 1. The molecule has 19 heavy (non-hydrogen) atoms. The Labute approximate surface area is 112 Å². The molecule has 0 amide bonds. The second-order valence-electron chi connectivity index (χ2n) is 4.54. The molecule has 0 spiro atoms. The van der Waals surface area contributed by atoms with Gasteiger partial charge in [0.25, 0.3) is 0 Å². The summed E-state index contributed by atoms with van der Waals surface area (Å²) in [6, 6.07) is 16.6. The first-order chi connectivity index (χ1) is 9.29. The van der Waals surface area contributed by atoms with Gasteiger partial charge in [-0.3, -0.25) is 0 Å². The molecule has 0 saturated carbocycles. The smallest absolute Gasteiger partial charge is 0.127 e. The highest BCUT2D eigenvalue weighted by atomic mass is 19.1. The van der Waals surface area contributed by atoms with Gasteiger partial charge in [-0.15, -0.1) is 0 Å². The highest BCUT2D eigenvalue weighted by Crippen LogP contribution is 2.07. The van der Waals surface area contributed by atoms with Gasteiger partial charge in [0.15, 0.2) is 0 Å². The molecule has 0 aliphatic heterocycles. The largest absolute Gasteiger partial charge is 0.395 e. The number of hydrogen-bond acceptors (Lipinski definition) is 2. The molecule has 2 aromatic rings. The van der Waals surface area contributed by atoms with E-state index in [9.17, 15) is 9.50 Å². The zero-order valence-electron chi connectivity index (χ0n) is 10.7. The van der Waals surface area contributed by atoms with Crippen LogP contribution in [0.4, 0.5) is 4.39 Å². The molecular weight excluding hydrogens is 241 g/mol. The van der Waals surface area contributed by atoms with Crippen LogP contribution in [0.5, 0.6) is 0 Å². The molecule has 2 aromatic carbocycles. The van der Waals surface area contributed by atoms with Crippen LogP contribution in [0.2, 0.25) is 0 Å². The summed E-state index contributed by atoms with van der Waals surface area (Å²) in [6.07, 6.45) is 0.728. The molecule has 0 radical (unpaired) electrons. The molecule has 0 aliphatic carbocycles. The van der Waals surface area contributed by atoms with Crippen LogP contribution in [-0.2, 0) is 13.0 Å². The molecule has 0 heterocycles. The number of hydrogen-bond donors (Lipinski definition) is 2. The van der Waals surface area contributed by atoms with Crippen molar-refractivity contribution in [2.24, 2.45) is 0 Å². The first-order valence-corrected chi connectivity index (χ1v) is 6.41. The first kappa shape index (κ1) is 13.7. The van der Waals surface area contributed by atoms with Crippen LogP contribution >= 0.6 is 0 Å². The van der Waals surface area contributed by atoms with E-state index in [2.05, 4.69) is 5.32 Å². The predicted molar refractivity (Wildman–Crippen MR) is 74.3 cm³/mol. The van der Waals surface area contributed by atoms with Crippen molar-refractivity contribution in [1.29, 1.82) is 0 Å². The van der Waals surface area contributed by atoms with Crippen LogP contribution in [0.1, 0.15) is 11.1 Å². The fourth-order valence-corrected chi connectivity index (χ4v) is 2.00. The van der Waals surface area contributed by atoms with Gasteiger partial charge < -0.3 is 10.4 Å². The summed E-state index contributed by atoms with van der Waals surface area (Å²) in [7, 11) is 0. The van der Waals surface area contributed by atoms with Crippen molar-refractivity contribution in [2.75, 3.05) is 6.61 Å². The van der Waals surface area contributed by atoms with Crippen LogP contribution in [0, 0.1) is 5.82 Å². The van der Waals surface area contributed by atoms with E-state index in [1.807, 2.05) is 36.4 Å². The maximum Gasteiger partial charge on any atom is 0.127 e. The van der Waals surface area contributed by atoms with E-state index in [0.717, 1.165) is 12.0 Å². The second-order valence-corrected chi connectivity index (χ2v) is 4.54. The minimum Gasteiger partial charge on any atom is -0.395 e. The zero-order chi connectivity index (χ0) is 13.5. The van der Waals surface area contributed by atoms with Gasteiger partial charge >= 0.3 is 0 Å². The Balaban J connectivity index is 1.91. The number of rotatable bonds is 6. The second kappa shape index (κ2) is 7.02. The monoisotopic (exact) mass is 259 g/mol. The number of aliphatic hydroxyl groups excluding tert-OH is 1. The zero-order valence-corrected chi connectivity index (χ0v) is 10.7. The van der Waals surface area contributed by atoms with E-state index < -0.39 is 0 Å². The molecule has 0 saturated heterocycles. The highest BCUT2D eigenvalue weighted by molar-refractivity contribution is 5.18. The minimum absolute atomic E-state index is 0.0311. The van der Waals surface area contributed by atoms with Crippen molar-refractivity contribution in [2.45, 2.75) is 19.0 Å². The summed E-state index contributed by atoms with van der Waals surface area (Å²) in [5, 5.41) is 12.6. The average molecular weight is 259 g/mol. The molecule has 0 aliphatic rings. The fraction of sp³-hybridized carbons (Fsp3) is 0.250. The van der Waals surface area contributed by atoms with E-state index >= 15 is 0 Å². The Bertz CT molecular complexity index is 501. The van der Waals surface area contributed by atoms with Gasteiger partial charge in [0.2, 0.25) is 0 Å². The van der Waals surface area contributed by atoms with Gasteiger partial charge in [-0.2, -0.15) is 0 Å². The summed E-state index contributed by atoms with van der Waals surface area (Å²) in [5.41, 5.74) is 1.77. The van der Waals surface area contributed by atoms with E-state index in [1.54, 1.807) is 12.1 Å². The average Bonchev–Trinajstić information content (AvgIpc) is 2.46. The van der Waals surface area contributed by atoms with Gasteiger partial charge in [-0.1, -0.05) is 48.5 Å². The standard InChI is InChI=1S/C16H18FNO/c17-16-9-5-4-8-14(16)11-18-15(12-19)10-13-6-2-1-3-7-13/h1-9,15,18-19H,10-12H2/t15-/m1/s1. The summed E-state index contributed by atoms with van der Waals surface area (Å²) in [4.78, 5) is 0. The van der Waals surface area contributed by atoms with Gasteiger partial charge in [-0.25, -0.2) is 4.39 Å². The van der Waals surface area contributed by atoms with E-state index in [1.165, 1.54) is 6.07 Å². The van der Waals surface area contributed by atoms with E-state index in [4.69, 9.17) is 0 Å². The fourth-order valence-electron chi connectivity index (χ4n) is 2.00. The molecule has 0 aromatic heterocycles. The topological polar surface area (TPSA) is 32.3 Å². The van der Waals surface area contributed by atoms with Crippen molar-refractivity contribution in [1.82, 2.24) is 5.32 Å². The summed E-state index contributed by atoms with van der Waals surface area (Å²) in [5.74, 6) is -0.216. The SMILES string of the molecule is OC[C@@H](Cc1ccccc1)NCc1ccccc1F. The summed E-state index contributed by atoms with van der Waals surface area (Å²) < 4.78 is 13.5. The third-order valence-corrected chi connectivity index (χ3v) is 3.08. The van der Waals surface area contributed by atoms with Crippen LogP contribution < -0.4 is 5.32 Å². The molecule has 0 fully saturated rings. The van der Waals surface area contributed by atoms with Crippen LogP contribution in [0.15, 0.2) is 54.6 Å². The lowest BCUT2D eigenvalue weighted by molar-refractivity contribution is 0.240. The molecule has 0 unspecified atom stereocenters. The van der Waals surface area contributed by atoms with Crippen molar-refractivity contribution < 1.29 is 9.50 Å². The quantitative estimate of drug-likeness (QED) is 0.835. The lowest BCUT2D eigenvalue weighted by atomic mass is 10.1. The molecule has 1 atom stereocenters. The maximum atomic E-state index is 13.5. The van der Waals surface area contributed by atoms with Crippen molar-refractivity contribution in [3.8, 4) is 0 Å². The normalized spacial score (nSPS) is 12.3. The summed E-state index contributed by atoms with van der Waals surface area (Å²) in [6.45, 7) is 0.452. The van der Waals surface area contributed by atoms with Crippen molar-refractivity contribution in [3.63, 3.8) is 0 Å². The van der Waals surface area contributed by atoms with E-state index in [-0.39, 0.29) is 18.5 Å². The van der Waals surface area contributed by atoms with Crippen molar-refractivity contribution in [3.05, 3.63) is 71.5 Å². The Hall–Kier alpha value is -1.71. The lowest BCUT2D eigenvalue weighted by Crippen LogP contribution is -2.34. The Morgan fingerprint density at radius 2 is 1.68 bits per heavy atom. The van der Waals surface area contributed by atoms with Crippen LogP contribution in [0.3, 0.4) is 0 Å². The Morgan fingerprint density at radius 3 is 2.37 bits per heavy atom.